The fourth-order valence-electron chi connectivity index (χ4n) is 1.93. The van der Waals surface area contributed by atoms with Crippen molar-refractivity contribution in [2.24, 2.45) is 0 Å². The Morgan fingerprint density at radius 2 is 2.00 bits per heavy atom. The standard InChI is InChI=1S/C14H10FN3O/c1-9-5-6-10-12(13(9)15)14(19)18(8-17-10)11-4-2-3-7-16-11/h2-8H,1H3. The van der Waals surface area contributed by atoms with Crippen molar-refractivity contribution in [3.8, 4) is 5.82 Å². The zero-order chi connectivity index (χ0) is 13.4. The van der Waals surface area contributed by atoms with E-state index in [1.807, 2.05) is 0 Å². The molecule has 0 bridgehead atoms. The van der Waals surface area contributed by atoms with Crippen LogP contribution in [0.4, 0.5) is 4.39 Å². The lowest BCUT2D eigenvalue weighted by Crippen LogP contribution is -2.20. The van der Waals surface area contributed by atoms with Gasteiger partial charge in [0.05, 0.1) is 5.52 Å². The van der Waals surface area contributed by atoms with Gasteiger partial charge in [-0.3, -0.25) is 9.36 Å². The summed E-state index contributed by atoms with van der Waals surface area (Å²) in [5.41, 5.74) is 0.315. The summed E-state index contributed by atoms with van der Waals surface area (Å²) in [7, 11) is 0. The Balaban J connectivity index is 2.39. The van der Waals surface area contributed by atoms with E-state index in [4.69, 9.17) is 0 Å². The molecule has 0 saturated carbocycles. The predicted molar refractivity (Wildman–Crippen MR) is 69.8 cm³/mol. The van der Waals surface area contributed by atoms with Crippen LogP contribution < -0.4 is 5.56 Å². The number of pyridine rings is 1. The maximum absolute atomic E-state index is 14.1. The molecule has 0 aliphatic rings. The number of benzene rings is 1. The Morgan fingerprint density at radius 1 is 1.16 bits per heavy atom. The first-order valence-corrected chi connectivity index (χ1v) is 5.76. The summed E-state index contributed by atoms with van der Waals surface area (Å²) in [6.07, 6.45) is 2.93. The molecule has 0 spiro atoms. The zero-order valence-corrected chi connectivity index (χ0v) is 10.2. The third kappa shape index (κ3) is 1.79. The first kappa shape index (κ1) is 11.5. The van der Waals surface area contributed by atoms with Crippen molar-refractivity contribution in [3.05, 3.63) is 64.6 Å². The number of aromatic nitrogens is 3. The molecule has 0 fully saturated rings. The van der Waals surface area contributed by atoms with E-state index in [-0.39, 0.29) is 5.39 Å². The van der Waals surface area contributed by atoms with Crippen LogP contribution in [0.3, 0.4) is 0 Å². The molecular formula is C14H10FN3O. The van der Waals surface area contributed by atoms with E-state index < -0.39 is 11.4 Å². The molecule has 0 saturated heterocycles. The number of aryl methyl sites for hydroxylation is 1. The monoisotopic (exact) mass is 255 g/mol. The van der Waals surface area contributed by atoms with E-state index in [2.05, 4.69) is 9.97 Å². The lowest BCUT2D eigenvalue weighted by molar-refractivity contribution is 0.628. The molecule has 19 heavy (non-hydrogen) atoms. The van der Waals surface area contributed by atoms with Crippen molar-refractivity contribution in [2.45, 2.75) is 6.92 Å². The van der Waals surface area contributed by atoms with Gasteiger partial charge in [-0.1, -0.05) is 12.1 Å². The highest BCUT2D eigenvalue weighted by Crippen LogP contribution is 2.15. The maximum Gasteiger partial charge on any atom is 0.269 e. The molecule has 2 aromatic heterocycles. The molecule has 0 radical (unpaired) electrons. The largest absolute Gasteiger partial charge is 0.269 e. The van der Waals surface area contributed by atoms with Crippen molar-refractivity contribution in [3.63, 3.8) is 0 Å². The van der Waals surface area contributed by atoms with E-state index in [9.17, 15) is 9.18 Å². The molecule has 0 amide bonds. The topological polar surface area (TPSA) is 47.8 Å². The van der Waals surface area contributed by atoms with Gasteiger partial charge in [0.25, 0.3) is 5.56 Å². The summed E-state index contributed by atoms with van der Waals surface area (Å²) < 4.78 is 15.3. The summed E-state index contributed by atoms with van der Waals surface area (Å²) in [6.45, 7) is 1.62. The minimum Gasteiger partial charge on any atom is -0.268 e. The van der Waals surface area contributed by atoms with Gasteiger partial charge in [-0.15, -0.1) is 0 Å². The van der Waals surface area contributed by atoms with Crippen molar-refractivity contribution >= 4 is 10.9 Å². The molecule has 3 rings (SSSR count). The van der Waals surface area contributed by atoms with Crippen molar-refractivity contribution in [2.75, 3.05) is 0 Å². The van der Waals surface area contributed by atoms with E-state index in [1.54, 1.807) is 43.5 Å². The number of halogens is 1. The van der Waals surface area contributed by atoms with Crippen LogP contribution in [0.2, 0.25) is 0 Å². The SMILES string of the molecule is Cc1ccc2ncn(-c3ccccn3)c(=O)c2c1F. The van der Waals surface area contributed by atoms with E-state index in [1.165, 1.54) is 10.9 Å². The van der Waals surface area contributed by atoms with Crippen molar-refractivity contribution in [1.82, 2.24) is 14.5 Å². The second kappa shape index (κ2) is 4.28. The van der Waals surface area contributed by atoms with Gasteiger partial charge in [0.1, 0.15) is 23.3 Å². The lowest BCUT2D eigenvalue weighted by Gasteiger charge is -2.06. The quantitative estimate of drug-likeness (QED) is 0.670. The summed E-state index contributed by atoms with van der Waals surface area (Å²) in [6, 6.07) is 8.41. The van der Waals surface area contributed by atoms with Crippen LogP contribution >= 0.6 is 0 Å². The summed E-state index contributed by atoms with van der Waals surface area (Å²) in [5, 5.41) is -0.00634. The lowest BCUT2D eigenvalue weighted by atomic mass is 10.1. The highest BCUT2D eigenvalue weighted by molar-refractivity contribution is 5.79. The van der Waals surface area contributed by atoms with Gasteiger partial charge in [-0.2, -0.15) is 0 Å². The van der Waals surface area contributed by atoms with Crippen LogP contribution in [0.5, 0.6) is 0 Å². The number of hydrogen-bond acceptors (Lipinski definition) is 3. The van der Waals surface area contributed by atoms with E-state index in [0.717, 1.165) is 0 Å². The number of fused-ring (bicyclic) bond motifs is 1. The second-order valence-electron chi connectivity index (χ2n) is 4.20. The molecule has 94 valence electrons. The van der Waals surface area contributed by atoms with E-state index in [0.29, 0.717) is 16.9 Å². The maximum atomic E-state index is 14.1. The molecule has 0 N–H and O–H groups in total. The van der Waals surface area contributed by atoms with Crippen LogP contribution in [0.1, 0.15) is 5.56 Å². The smallest absolute Gasteiger partial charge is 0.268 e. The highest BCUT2D eigenvalue weighted by atomic mass is 19.1. The minimum atomic E-state index is -0.528. The van der Waals surface area contributed by atoms with Gasteiger partial charge in [-0.05, 0) is 30.7 Å². The Kier molecular flexibility index (Phi) is 2.59. The predicted octanol–water partition coefficient (Wildman–Crippen LogP) is 2.23. The van der Waals surface area contributed by atoms with Gasteiger partial charge < -0.3 is 0 Å². The Labute approximate surface area is 108 Å². The first-order chi connectivity index (χ1) is 9.18. The Morgan fingerprint density at radius 3 is 2.74 bits per heavy atom. The molecule has 0 aliphatic heterocycles. The molecule has 0 atom stereocenters. The third-order valence-electron chi connectivity index (χ3n) is 2.95. The van der Waals surface area contributed by atoms with Crippen LogP contribution in [0.15, 0.2) is 47.7 Å². The van der Waals surface area contributed by atoms with Gasteiger partial charge in [0.2, 0.25) is 0 Å². The molecule has 0 aliphatic carbocycles. The van der Waals surface area contributed by atoms with Gasteiger partial charge >= 0.3 is 0 Å². The average Bonchev–Trinajstić information content (AvgIpc) is 2.44. The van der Waals surface area contributed by atoms with Crippen LogP contribution in [0, 0.1) is 12.7 Å². The van der Waals surface area contributed by atoms with Gasteiger partial charge in [-0.25, -0.2) is 14.4 Å². The Hall–Kier alpha value is -2.56. The Bertz CT molecular complexity index is 812. The molecule has 0 unspecified atom stereocenters. The first-order valence-electron chi connectivity index (χ1n) is 5.76. The number of rotatable bonds is 1. The molecule has 4 nitrogen and oxygen atoms in total. The average molecular weight is 255 g/mol. The second-order valence-corrected chi connectivity index (χ2v) is 4.20. The summed E-state index contributed by atoms with van der Waals surface area (Å²) in [5.74, 6) is -0.108. The minimum absolute atomic E-state index is 0.00634. The zero-order valence-electron chi connectivity index (χ0n) is 10.2. The molecule has 3 aromatic rings. The third-order valence-corrected chi connectivity index (χ3v) is 2.95. The summed E-state index contributed by atoms with van der Waals surface area (Å²) >= 11 is 0. The van der Waals surface area contributed by atoms with Crippen LogP contribution in [-0.2, 0) is 0 Å². The van der Waals surface area contributed by atoms with Crippen molar-refractivity contribution in [1.29, 1.82) is 0 Å². The molecule has 1 aromatic carbocycles. The fraction of sp³-hybridized carbons (Fsp3) is 0.0714. The molecule has 2 heterocycles. The van der Waals surface area contributed by atoms with E-state index >= 15 is 0 Å². The van der Waals surface area contributed by atoms with Gasteiger partial charge in [0.15, 0.2) is 0 Å². The van der Waals surface area contributed by atoms with Crippen LogP contribution in [-0.4, -0.2) is 14.5 Å². The summed E-state index contributed by atoms with van der Waals surface area (Å²) in [4.78, 5) is 20.5. The van der Waals surface area contributed by atoms with Crippen LogP contribution in [0.25, 0.3) is 16.7 Å². The molecular weight excluding hydrogens is 245 g/mol. The highest BCUT2D eigenvalue weighted by Gasteiger charge is 2.12. The number of nitrogens with zero attached hydrogens (tertiary/aromatic N) is 3. The van der Waals surface area contributed by atoms with Crippen molar-refractivity contribution < 1.29 is 4.39 Å². The number of hydrogen-bond donors (Lipinski definition) is 0. The molecule has 5 heteroatoms. The fourth-order valence-corrected chi connectivity index (χ4v) is 1.93. The van der Waals surface area contributed by atoms with Gasteiger partial charge in [0, 0.05) is 6.20 Å². The normalized spacial score (nSPS) is 10.8.